The molecule has 3 aromatic rings. The van der Waals surface area contributed by atoms with Gasteiger partial charge in [-0.25, -0.2) is 8.78 Å². The van der Waals surface area contributed by atoms with E-state index in [4.69, 9.17) is 26.3 Å². The summed E-state index contributed by atoms with van der Waals surface area (Å²) in [5, 5.41) is 15.4. The van der Waals surface area contributed by atoms with E-state index in [0.29, 0.717) is 24.5 Å². The summed E-state index contributed by atoms with van der Waals surface area (Å²) in [7, 11) is 1.69. The highest BCUT2D eigenvalue weighted by Gasteiger charge is 2.43. The molecule has 0 bridgehead atoms. The van der Waals surface area contributed by atoms with Gasteiger partial charge in [-0.05, 0) is 31.0 Å². The highest BCUT2D eigenvalue weighted by Crippen LogP contribution is 2.37. The van der Waals surface area contributed by atoms with Gasteiger partial charge in [-0.3, -0.25) is 4.90 Å². The number of nitrogens with one attached hydrogen (secondary N) is 1. The van der Waals surface area contributed by atoms with Crippen LogP contribution in [0.25, 0.3) is 10.8 Å². The molecule has 0 amide bonds. The van der Waals surface area contributed by atoms with Gasteiger partial charge in [0.15, 0.2) is 0 Å². The molecule has 0 radical (unpaired) electrons. The molecule has 2 aromatic carbocycles. The van der Waals surface area contributed by atoms with Crippen LogP contribution in [0.2, 0.25) is 5.02 Å². The van der Waals surface area contributed by atoms with Crippen LogP contribution in [0.4, 0.5) is 20.3 Å². The normalized spacial score (nSPS) is 22.8. The van der Waals surface area contributed by atoms with E-state index in [-0.39, 0.29) is 31.6 Å². The topological polar surface area (TPSA) is 80.5 Å². The summed E-state index contributed by atoms with van der Waals surface area (Å²) in [6.45, 7) is 3.25. The Hall–Kier alpha value is -3.26. The second-order valence-corrected chi connectivity index (χ2v) is 11.3. The number of benzene rings is 2. The van der Waals surface area contributed by atoms with Crippen molar-refractivity contribution in [3.8, 4) is 12.1 Å². The summed E-state index contributed by atoms with van der Waals surface area (Å²) in [6, 6.07) is 14.2. The van der Waals surface area contributed by atoms with Gasteiger partial charge in [0.2, 0.25) is 0 Å². The maximum absolute atomic E-state index is 14.0. The average molecular weight is 568 g/mol. The highest BCUT2D eigenvalue weighted by molar-refractivity contribution is 6.36. The number of likely N-dealkylation sites (N-methyl/N-ethyl adjacent to an activating group) is 1. The van der Waals surface area contributed by atoms with Crippen molar-refractivity contribution in [2.75, 3.05) is 56.2 Å². The zero-order valence-corrected chi connectivity index (χ0v) is 23.2. The molecular weight excluding hydrogens is 536 g/mol. The van der Waals surface area contributed by atoms with Gasteiger partial charge in [-0.1, -0.05) is 35.9 Å². The van der Waals surface area contributed by atoms with E-state index in [1.807, 2.05) is 18.2 Å². The SMILES string of the molecule is CN1CC(F)(F)C[C@H]1COc1nc2c(c(N3CCN[C@@H](CC#N)C3)n1)CCN(c1cccc3cccc(Cl)c13)C2. The summed E-state index contributed by atoms with van der Waals surface area (Å²) < 4.78 is 34.0. The van der Waals surface area contributed by atoms with Crippen LogP contribution in [0.1, 0.15) is 24.1 Å². The number of fused-ring (bicyclic) bond motifs is 2. The molecule has 2 saturated heterocycles. The van der Waals surface area contributed by atoms with Gasteiger partial charge in [0.05, 0.1) is 36.3 Å². The van der Waals surface area contributed by atoms with Crippen molar-refractivity contribution in [2.24, 2.45) is 0 Å². The van der Waals surface area contributed by atoms with Crippen LogP contribution < -0.4 is 19.9 Å². The lowest BCUT2D eigenvalue weighted by molar-refractivity contribution is 0.0136. The number of ether oxygens (including phenoxy) is 1. The number of nitriles is 1. The Kier molecular flexibility index (Phi) is 7.38. The summed E-state index contributed by atoms with van der Waals surface area (Å²) in [4.78, 5) is 15.8. The summed E-state index contributed by atoms with van der Waals surface area (Å²) >= 11 is 6.64. The van der Waals surface area contributed by atoms with Crippen molar-refractivity contribution in [3.63, 3.8) is 0 Å². The molecular formula is C29H32ClF2N7O. The minimum absolute atomic E-state index is 0.0426. The molecule has 4 heterocycles. The molecule has 1 N–H and O–H groups in total. The zero-order valence-electron chi connectivity index (χ0n) is 22.4. The van der Waals surface area contributed by atoms with Crippen molar-refractivity contribution >= 4 is 33.9 Å². The standard InChI is InChI=1S/C29H32ClF2N7O/c1-37-18-29(31,32)14-21(37)17-40-28-35-24-16-38(25-7-3-5-19-4-2-6-23(30)26(19)25)12-9-22(24)27(36-28)39-13-11-34-20(15-39)8-10-33/h2-7,20-21,34H,8-9,11-18H2,1H3/t20-,21-/m0/s1. The predicted molar refractivity (Wildman–Crippen MR) is 151 cm³/mol. The Balaban J connectivity index is 1.33. The molecule has 210 valence electrons. The first-order chi connectivity index (χ1) is 19.3. The van der Waals surface area contributed by atoms with Crippen LogP contribution in [0, 0.1) is 11.3 Å². The molecule has 0 spiro atoms. The summed E-state index contributed by atoms with van der Waals surface area (Å²) in [5.74, 6) is -1.91. The van der Waals surface area contributed by atoms with Gasteiger partial charge in [-0.15, -0.1) is 0 Å². The molecule has 40 heavy (non-hydrogen) atoms. The van der Waals surface area contributed by atoms with Crippen LogP contribution in [0.15, 0.2) is 36.4 Å². The van der Waals surface area contributed by atoms with Gasteiger partial charge >= 0.3 is 6.01 Å². The highest BCUT2D eigenvalue weighted by atomic mass is 35.5. The minimum Gasteiger partial charge on any atom is -0.462 e. The number of piperazine rings is 1. The molecule has 0 saturated carbocycles. The number of aromatic nitrogens is 2. The summed E-state index contributed by atoms with van der Waals surface area (Å²) in [5.41, 5.74) is 2.97. The first-order valence-corrected chi connectivity index (χ1v) is 14.1. The van der Waals surface area contributed by atoms with E-state index in [2.05, 4.69) is 39.4 Å². The number of nitrogens with zero attached hydrogens (tertiary/aromatic N) is 6. The number of alkyl halides is 2. The monoisotopic (exact) mass is 567 g/mol. The van der Waals surface area contributed by atoms with Gasteiger partial charge in [0, 0.05) is 61.3 Å². The van der Waals surface area contributed by atoms with Crippen LogP contribution in [0.3, 0.4) is 0 Å². The van der Waals surface area contributed by atoms with E-state index in [1.54, 1.807) is 11.9 Å². The van der Waals surface area contributed by atoms with E-state index in [0.717, 1.165) is 59.6 Å². The second-order valence-electron chi connectivity index (χ2n) is 10.9. The third kappa shape index (κ3) is 5.38. The molecule has 3 aliphatic rings. The van der Waals surface area contributed by atoms with Crippen LogP contribution in [-0.2, 0) is 13.0 Å². The zero-order chi connectivity index (χ0) is 27.9. The van der Waals surface area contributed by atoms with Crippen LogP contribution >= 0.6 is 11.6 Å². The lowest BCUT2D eigenvalue weighted by Crippen LogP contribution is -2.51. The van der Waals surface area contributed by atoms with Gasteiger partial charge in [0.1, 0.15) is 12.4 Å². The number of rotatable bonds is 6. The van der Waals surface area contributed by atoms with E-state index in [9.17, 15) is 14.0 Å². The fourth-order valence-electron chi connectivity index (χ4n) is 6.14. The Morgan fingerprint density at radius 3 is 2.77 bits per heavy atom. The number of halogens is 3. The maximum Gasteiger partial charge on any atom is 0.318 e. The number of anilines is 2. The molecule has 3 aliphatic heterocycles. The summed E-state index contributed by atoms with van der Waals surface area (Å²) in [6.07, 6.45) is 0.895. The fourth-order valence-corrected chi connectivity index (χ4v) is 6.42. The van der Waals surface area contributed by atoms with Crippen molar-refractivity contribution in [1.82, 2.24) is 20.2 Å². The first kappa shape index (κ1) is 26.9. The third-order valence-corrected chi connectivity index (χ3v) is 8.45. The Morgan fingerprint density at radius 2 is 2.00 bits per heavy atom. The average Bonchev–Trinajstić information content (AvgIpc) is 3.22. The van der Waals surface area contributed by atoms with Gasteiger partial charge in [-0.2, -0.15) is 15.2 Å². The fraction of sp³-hybridized carbons (Fsp3) is 0.483. The quantitative estimate of drug-likeness (QED) is 0.473. The van der Waals surface area contributed by atoms with Crippen molar-refractivity contribution in [3.05, 3.63) is 52.7 Å². The Morgan fingerprint density at radius 1 is 1.18 bits per heavy atom. The van der Waals surface area contributed by atoms with Crippen molar-refractivity contribution in [2.45, 2.75) is 43.8 Å². The van der Waals surface area contributed by atoms with Crippen molar-refractivity contribution < 1.29 is 13.5 Å². The van der Waals surface area contributed by atoms with E-state index < -0.39 is 12.0 Å². The number of likely N-dealkylation sites (tertiary alicyclic amines) is 1. The largest absolute Gasteiger partial charge is 0.462 e. The van der Waals surface area contributed by atoms with Crippen LogP contribution in [-0.4, -0.2) is 79.3 Å². The predicted octanol–water partition coefficient (Wildman–Crippen LogP) is 4.26. The minimum atomic E-state index is -2.72. The Labute approximate surface area is 237 Å². The molecule has 0 unspecified atom stereocenters. The lowest BCUT2D eigenvalue weighted by Gasteiger charge is -2.37. The molecule has 6 rings (SSSR count). The van der Waals surface area contributed by atoms with Gasteiger partial charge in [0.25, 0.3) is 5.92 Å². The Bertz CT molecular complexity index is 1440. The molecule has 2 atom stereocenters. The van der Waals surface area contributed by atoms with Crippen molar-refractivity contribution in [1.29, 1.82) is 5.26 Å². The molecule has 0 aliphatic carbocycles. The maximum atomic E-state index is 14.0. The molecule has 2 fully saturated rings. The smallest absolute Gasteiger partial charge is 0.318 e. The number of hydrogen-bond donors (Lipinski definition) is 1. The van der Waals surface area contributed by atoms with E-state index in [1.165, 1.54) is 0 Å². The lowest BCUT2D eigenvalue weighted by atomic mass is 10.0. The molecule has 1 aromatic heterocycles. The number of hydrogen-bond acceptors (Lipinski definition) is 8. The van der Waals surface area contributed by atoms with E-state index >= 15 is 0 Å². The van der Waals surface area contributed by atoms with Crippen LogP contribution in [0.5, 0.6) is 6.01 Å². The third-order valence-electron chi connectivity index (χ3n) is 8.13. The second kappa shape index (κ2) is 11.0. The molecule has 11 heteroatoms. The van der Waals surface area contributed by atoms with Gasteiger partial charge < -0.3 is 19.9 Å². The molecule has 8 nitrogen and oxygen atoms in total. The first-order valence-electron chi connectivity index (χ1n) is 13.7.